The van der Waals surface area contributed by atoms with Crippen LogP contribution >= 0.6 is 0 Å². The maximum Gasteiger partial charge on any atom is 0.337 e. The van der Waals surface area contributed by atoms with Gasteiger partial charge >= 0.3 is 5.97 Å². The van der Waals surface area contributed by atoms with Crippen LogP contribution in [0.5, 0.6) is 0 Å². The molecule has 1 aliphatic heterocycles. The fraction of sp³-hybridized carbons (Fsp3) is 0.455. The SMILES string of the molecule is CCCCN(CCCC)C(=O)c1cn(CCCO)c(-c2ccc(C(=O)OC)cc2C(=O)N2CCc3ccccc3C2)n1. The van der Waals surface area contributed by atoms with E-state index < -0.39 is 5.97 Å². The molecule has 1 aromatic heterocycles. The third-order valence-corrected chi connectivity index (χ3v) is 7.73. The lowest BCUT2D eigenvalue weighted by Gasteiger charge is -2.29. The summed E-state index contributed by atoms with van der Waals surface area (Å²) < 4.78 is 6.78. The number of carbonyl (C=O) groups is 3. The Hall–Kier alpha value is -3.98. The zero-order valence-corrected chi connectivity index (χ0v) is 25.0. The number of amides is 2. The third-order valence-electron chi connectivity index (χ3n) is 7.73. The van der Waals surface area contributed by atoms with Crippen LogP contribution in [0.2, 0.25) is 0 Å². The molecule has 42 heavy (non-hydrogen) atoms. The van der Waals surface area contributed by atoms with E-state index in [0.29, 0.717) is 61.8 Å². The zero-order chi connectivity index (χ0) is 30.1. The van der Waals surface area contributed by atoms with Gasteiger partial charge in [-0.15, -0.1) is 0 Å². The fourth-order valence-corrected chi connectivity index (χ4v) is 5.32. The molecule has 2 amide bonds. The molecule has 0 saturated heterocycles. The van der Waals surface area contributed by atoms with Crippen molar-refractivity contribution in [2.75, 3.05) is 33.4 Å². The third kappa shape index (κ3) is 7.07. The number of aliphatic hydroxyl groups excluding tert-OH is 1. The van der Waals surface area contributed by atoms with Crippen LogP contribution in [0.15, 0.2) is 48.7 Å². The van der Waals surface area contributed by atoms with Gasteiger partial charge in [0.2, 0.25) is 0 Å². The lowest BCUT2D eigenvalue weighted by atomic mass is 9.97. The van der Waals surface area contributed by atoms with Crippen molar-refractivity contribution < 1.29 is 24.2 Å². The highest BCUT2D eigenvalue weighted by molar-refractivity contribution is 6.03. The molecule has 2 aromatic carbocycles. The Labute approximate surface area is 248 Å². The molecule has 1 aliphatic rings. The van der Waals surface area contributed by atoms with Gasteiger partial charge in [0, 0.05) is 51.1 Å². The molecule has 0 bridgehead atoms. The average Bonchev–Trinajstić information content (AvgIpc) is 3.46. The van der Waals surface area contributed by atoms with Gasteiger partial charge in [0.1, 0.15) is 11.5 Å². The maximum atomic E-state index is 14.1. The van der Waals surface area contributed by atoms with Crippen molar-refractivity contribution in [2.45, 2.75) is 65.5 Å². The highest BCUT2D eigenvalue weighted by Gasteiger charge is 2.28. The van der Waals surface area contributed by atoms with Gasteiger partial charge in [-0.05, 0) is 55.0 Å². The first-order valence-corrected chi connectivity index (χ1v) is 15.0. The van der Waals surface area contributed by atoms with E-state index in [1.54, 1.807) is 29.3 Å². The lowest BCUT2D eigenvalue weighted by Crippen LogP contribution is -2.36. The molecule has 0 saturated carbocycles. The molecule has 4 rings (SSSR count). The summed E-state index contributed by atoms with van der Waals surface area (Å²) in [5.74, 6) is -0.452. The van der Waals surface area contributed by atoms with E-state index in [4.69, 9.17) is 9.72 Å². The zero-order valence-electron chi connectivity index (χ0n) is 25.0. The van der Waals surface area contributed by atoms with Gasteiger partial charge in [0.15, 0.2) is 0 Å². The number of aliphatic hydroxyl groups is 1. The van der Waals surface area contributed by atoms with Gasteiger partial charge in [-0.1, -0.05) is 51.0 Å². The Morgan fingerprint density at radius 1 is 1.00 bits per heavy atom. The first-order valence-electron chi connectivity index (χ1n) is 15.0. The number of hydrogen-bond acceptors (Lipinski definition) is 6. The number of ether oxygens (including phenoxy) is 1. The van der Waals surface area contributed by atoms with Crippen molar-refractivity contribution in [1.29, 1.82) is 0 Å². The molecule has 224 valence electrons. The number of imidazole rings is 1. The van der Waals surface area contributed by atoms with Crippen LogP contribution < -0.4 is 0 Å². The van der Waals surface area contributed by atoms with Crippen molar-refractivity contribution in [3.05, 3.63) is 76.6 Å². The van der Waals surface area contributed by atoms with Crippen LogP contribution in [0.3, 0.4) is 0 Å². The Kier molecular flexibility index (Phi) is 10.9. The molecule has 3 aromatic rings. The van der Waals surface area contributed by atoms with E-state index in [9.17, 15) is 19.5 Å². The number of unbranched alkanes of at least 4 members (excludes halogenated alkanes) is 2. The van der Waals surface area contributed by atoms with Crippen molar-refractivity contribution in [1.82, 2.24) is 19.4 Å². The quantitative estimate of drug-likeness (QED) is 0.290. The second-order valence-corrected chi connectivity index (χ2v) is 10.7. The Morgan fingerprint density at radius 2 is 1.71 bits per heavy atom. The number of nitrogens with zero attached hydrogens (tertiary/aromatic N) is 4. The second kappa shape index (κ2) is 14.8. The Morgan fingerprint density at radius 3 is 2.38 bits per heavy atom. The largest absolute Gasteiger partial charge is 0.465 e. The number of methoxy groups -OCH3 is 1. The smallest absolute Gasteiger partial charge is 0.337 e. The number of aromatic nitrogens is 2. The summed E-state index contributed by atoms with van der Waals surface area (Å²) in [7, 11) is 1.31. The van der Waals surface area contributed by atoms with E-state index in [2.05, 4.69) is 19.9 Å². The molecule has 0 unspecified atom stereocenters. The topological polar surface area (TPSA) is 105 Å². The van der Waals surface area contributed by atoms with Crippen LogP contribution in [-0.2, 0) is 24.2 Å². The molecule has 1 N–H and O–H groups in total. The summed E-state index contributed by atoms with van der Waals surface area (Å²) >= 11 is 0. The average molecular weight is 575 g/mol. The predicted molar refractivity (Wildman–Crippen MR) is 161 cm³/mol. The van der Waals surface area contributed by atoms with Crippen molar-refractivity contribution in [3.63, 3.8) is 0 Å². The molecule has 9 heteroatoms. The van der Waals surface area contributed by atoms with Gasteiger partial charge in [0.25, 0.3) is 11.8 Å². The number of hydrogen-bond donors (Lipinski definition) is 1. The maximum absolute atomic E-state index is 14.1. The highest BCUT2D eigenvalue weighted by Crippen LogP contribution is 2.29. The highest BCUT2D eigenvalue weighted by atomic mass is 16.5. The van der Waals surface area contributed by atoms with Gasteiger partial charge in [0.05, 0.1) is 18.2 Å². The molecule has 0 radical (unpaired) electrons. The number of rotatable bonds is 13. The van der Waals surface area contributed by atoms with Crippen LogP contribution in [0.4, 0.5) is 0 Å². The van der Waals surface area contributed by atoms with Gasteiger partial charge in [-0.3, -0.25) is 9.59 Å². The number of esters is 1. The minimum absolute atomic E-state index is 0.0275. The first kappa shape index (κ1) is 31.0. The van der Waals surface area contributed by atoms with Gasteiger partial charge in [-0.2, -0.15) is 0 Å². The van der Waals surface area contributed by atoms with Crippen LogP contribution in [0, 0.1) is 0 Å². The summed E-state index contributed by atoms with van der Waals surface area (Å²) in [4.78, 5) is 48.7. The van der Waals surface area contributed by atoms with Crippen molar-refractivity contribution in [3.8, 4) is 11.4 Å². The minimum atomic E-state index is -0.540. The van der Waals surface area contributed by atoms with E-state index in [0.717, 1.165) is 37.7 Å². The molecule has 0 aliphatic carbocycles. The Bertz CT molecular complexity index is 1390. The van der Waals surface area contributed by atoms with E-state index in [1.165, 1.54) is 12.7 Å². The molecule has 0 fully saturated rings. The van der Waals surface area contributed by atoms with E-state index >= 15 is 0 Å². The normalized spacial score (nSPS) is 12.6. The van der Waals surface area contributed by atoms with Crippen LogP contribution in [0.25, 0.3) is 11.4 Å². The van der Waals surface area contributed by atoms with Crippen molar-refractivity contribution in [2.24, 2.45) is 0 Å². The molecule has 0 atom stereocenters. The monoisotopic (exact) mass is 574 g/mol. The number of fused-ring (bicyclic) bond motifs is 1. The summed E-state index contributed by atoms with van der Waals surface area (Å²) in [6.07, 6.45) is 6.68. The van der Waals surface area contributed by atoms with Gasteiger partial charge in [-0.25, -0.2) is 9.78 Å². The summed E-state index contributed by atoms with van der Waals surface area (Å²) in [6.45, 7) is 6.90. The number of carbonyl (C=O) groups excluding carboxylic acids is 3. The second-order valence-electron chi connectivity index (χ2n) is 10.7. The van der Waals surface area contributed by atoms with Crippen LogP contribution in [0.1, 0.15) is 88.3 Å². The molecular formula is C33H42N4O5. The molecule has 2 heterocycles. The first-order chi connectivity index (χ1) is 20.4. The van der Waals surface area contributed by atoms with Crippen molar-refractivity contribution >= 4 is 17.8 Å². The summed E-state index contributed by atoms with van der Waals surface area (Å²) in [5, 5.41) is 9.58. The Balaban J connectivity index is 1.77. The van der Waals surface area contributed by atoms with Crippen LogP contribution in [-0.4, -0.2) is 75.6 Å². The molecule has 9 nitrogen and oxygen atoms in total. The van der Waals surface area contributed by atoms with E-state index in [-0.39, 0.29) is 24.0 Å². The fourth-order valence-electron chi connectivity index (χ4n) is 5.32. The molecular weight excluding hydrogens is 532 g/mol. The summed E-state index contributed by atoms with van der Waals surface area (Å²) in [6, 6.07) is 13.0. The molecule has 0 spiro atoms. The minimum Gasteiger partial charge on any atom is -0.465 e. The van der Waals surface area contributed by atoms with Gasteiger partial charge < -0.3 is 24.2 Å². The number of aryl methyl sites for hydroxylation is 1. The summed E-state index contributed by atoms with van der Waals surface area (Å²) in [5.41, 5.74) is 3.73. The van der Waals surface area contributed by atoms with E-state index in [1.807, 2.05) is 27.7 Å². The lowest BCUT2D eigenvalue weighted by molar-refractivity contribution is 0.0600. The predicted octanol–water partition coefficient (Wildman–Crippen LogP) is 4.96. The standard InChI is InChI=1S/C33H42N4O5/c1-4-6-16-35(17-7-5-2)32(40)29-23-36(18-10-20-38)30(34-29)27-14-13-25(33(41)42-3)21-28(27)31(39)37-19-15-24-11-8-9-12-26(24)22-37/h8-9,11-14,21,23,38H,4-7,10,15-20,22H2,1-3H3. The number of benzene rings is 2.